The van der Waals surface area contributed by atoms with Gasteiger partial charge in [-0.1, -0.05) is 0 Å². The van der Waals surface area contributed by atoms with Gasteiger partial charge >= 0.3 is 0 Å². The fourth-order valence-corrected chi connectivity index (χ4v) is 2.58. The molecule has 1 fully saturated rings. The number of morpholine rings is 1. The Labute approximate surface area is 106 Å². The molecule has 0 N–H and O–H groups in total. The Kier molecular flexibility index (Phi) is 2.48. The molecular formula is C12H17N5O. The lowest BCUT2D eigenvalue weighted by Crippen LogP contribution is -2.52. The molecule has 0 spiro atoms. The van der Waals surface area contributed by atoms with Gasteiger partial charge < -0.3 is 9.64 Å². The molecule has 0 aliphatic carbocycles. The predicted octanol–water partition coefficient (Wildman–Crippen LogP) is 1.13. The molecule has 0 aromatic carbocycles. The highest BCUT2D eigenvalue weighted by atomic mass is 16.5. The summed E-state index contributed by atoms with van der Waals surface area (Å²) < 4.78 is 7.79. The van der Waals surface area contributed by atoms with E-state index in [1.807, 2.05) is 10.6 Å². The van der Waals surface area contributed by atoms with Crippen LogP contribution in [-0.2, 0) is 4.74 Å². The van der Waals surface area contributed by atoms with Crippen LogP contribution in [0, 0.1) is 0 Å². The van der Waals surface area contributed by atoms with Gasteiger partial charge in [0.2, 0.25) is 5.65 Å². The number of anilines is 1. The summed E-state index contributed by atoms with van der Waals surface area (Å²) in [5, 5.41) is 8.06. The second-order valence-corrected chi connectivity index (χ2v) is 5.38. The first-order chi connectivity index (χ1) is 8.55. The summed E-state index contributed by atoms with van der Waals surface area (Å²) in [7, 11) is 0. The first-order valence-corrected chi connectivity index (χ1v) is 6.12. The third-order valence-electron chi connectivity index (χ3n) is 3.07. The van der Waals surface area contributed by atoms with Crippen LogP contribution in [0.5, 0.6) is 0 Å². The molecule has 0 bridgehead atoms. The Bertz CT molecular complexity index is 564. The molecule has 3 heterocycles. The van der Waals surface area contributed by atoms with E-state index in [0.29, 0.717) is 0 Å². The van der Waals surface area contributed by atoms with Crippen molar-refractivity contribution in [3.63, 3.8) is 0 Å². The fourth-order valence-electron chi connectivity index (χ4n) is 2.58. The quantitative estimate of drug-likeness (QED) is 0.756. The molecule has 96 valence electrons. The zero-order valence-electron chi connectivity index (χ0n) is 10.9. The minimum absolute atomic E-state index is 0.174. The number of hydrogen-bond donors (Lipinski definition) is 0. The molecule has 6 nitrogen and oxygen atoms in total. The van der Waals surface area contributed by atoms with Crippen molar-refractivity contribution in [2.75, 3.05) is 18.0 Å². The summed E-state index contributed by atoms with van der Waals surface area (Å²) >= 11 is 0. The topological polar surface area (TPSA) is 55.6 Å². The minimum atomic E-state index is -0.174. The maximum Gasteiger partial charge on any atom is 0.203 e. The van der Waals surface area contributed by atoms with Crippen LogP contribution in [0.1, 0.15) is 20.8 Å². The van der Waals surface area contributed by atoms with E-state index in [-0.39, 0.29) is 11.7 Å². The standard InChI is InChI=1S/C12H17N5O/c1-9-6-17(7-12(2,3)18-9)10-11-15-14-8-16(11)5-4-13-10/h4-5,8-9H,6-7H2,1-3H3. The molecule has 18 heavy (non-hydrogen) atoms. The number of rotatable bonds is 1. The number of fused-ring (bicyclic) bond motifs is 1. The van der Waals surface area contributed by atoms with Crippen molar-refractivity contribution in [2.24, 2.45) is 0 Å². The van der Waals surface area contributed by atoms with Crippen molar-refractivity contribution in [1.29, 1.82) is 0 Å². The summed E-state index contributed by atoms with van der Waals surface area (Å²) in [5.41, 5.74) is 0.619. The van der Waals surface area contributed by atoms with Crippen LogP contribution in [0.15, 0.2) is 18.7 Å². The van der Waals surface area contributed by atoms with E-state index in [4.69, 9.17) is 4.74 Å². The molecule has 1 aliphatic heterocycles. The van der Waals surface area contributed by atoms with Gasteiger partial charge in [-0.3, -0.25) is 4.40 Å². The van der Waals surface area contributed by atoms with Crippen molar-refractivity contribution >= 4 is 11.5 Å². The van der Waals surface area contributed by atoms with Gasteiger partial charge in [0.25, 0.3) is 0 Å². The van der Waals surface area contributed by atoms with Gasteiger partial charge in [-0.05, 0) is 20.8 Å². The molecule has 1 aliphatic rings. The Morgan fingerprint density at radius 1 is 1.44 bits per heavy atom. The van der Waals surface area contributed by atoms with E-state index in [2.05, 4.69) is 40.9 Å². The maximum absolute atomic E-state index is 5.91. The number of ether oxygens (including phenoxy) is 1. The molecule has 0 radical (unpaired) electrons. The highest BCUT2D eigenvalue weighted by Crippen LogP contribution is 2.26. The first kappa shape index (κ1) is 11.4. The lowest BCUT2D eigenvalue weighted by molar-refractivity contribution is -0.0751. The van der Waals surface area contributed by atoms with E-state index in [1.165, 1.54) is 0 Å². The largest absolute Gasteiger partial charge is 0.369 e. The second-order valence-electron chi connectivity index (χ2n) is 5.38. The smallest absolute Gasteiger partial charge is 0.203 e. The lowest BCUT2D eigenvalue weighted by Gasteiger charge is -2.42. The van der Waals surface area contributed by atoms with Crippen LogP contribution in [-0.4, -0.2) is 44.4 Å². The number of nitrogens with zero attached hydrogens (tertiary/aromatic N) is 5. The highest BCUT2D eigenvalue weighted by molar-refractivity contribution is 5.63. The van der Waals surface area contributed by atoms with Crippen LogP contribution in [0.2, 0.25) is 0 Å². The zero-order valence-corrected chi connectivity index (χ0v) is 10.9. The second kappa shape index (κ2) is 3.91. The third-order valence-corrected chi connectivity index (χ3v) is 3.07. The van der Waals surface area contributed by atoms with Crippen LogP contribution in [0.4, 0.5) is 5.82 Å². The van der Waals surface area contributed by atoms with Crippen LogP contribution < -0.4 is 4.90 Å². The van der Waals surface area contributed by atoms with Crippen LogP contribution >= 0.6 is 0 Å². The molecule has 1 saturated heterocycles. The van der Waals surface area contributed by atoms with Gasteiger partial charge in [0.1, 0.15) is 6.33 Å². The predicted molar refractivity (Wildman–Crippen MR) is 67.6 cm³/mol. The van der Waals surface area contributed by atoms with Crippen molar-refractivity contribution in [2.45, 2.75) is 32.5 Å². The average Bonchev–Trinajstić information content (AvgIpc) is 2.73. The van der Waals surface area contributed by atoms with Gasteiger partial charge in [0.15, 0.2) is 5.82 Å². The summed E-state index contributed by atoms with van der Waals surface area (Å²) in [6.07, 6.45) is 5.50. The molecule has 0 amide bonds. The normalized spacial score (nSPS) is 23.5. The maximum atomic E-state index is 5.91. The monoisotopic (exact) mass is 247 g/mol. The van der Waals surface area contributed by atoms with Gasteiger partial charge in [0.05, 0.1) is 11.7 Å². The molecule has 6 heteroatoms. The average molecular weight is 247 g/mol. The van der Waals surface area contributed by atoms with E-state index in [1.54, 1.807) is 12.5 Å². The highest BCUT2D eigenvalue weighted by Gasteiger charge is 2.32. The van der Waals surface area contributed by atoms with Crippen LogP contribution in [0.3, 0.4) is 0 Å². The van der Waals surface area contributed by atoms with Crippen LogP contribution in [0.25, 0.3) is 5.65 Å². The van der Waals surface area contributed by atoms with E-state index in [0.717, 1.165) is 24.6 Å². The van der Waals surface area contributed by atoms with Gasteiger partial charge in [-0.25, -0.2) is 4.98 Å². The van der Waals surface area contributed by atoms with Crippen molar-refractivity contribution in [3.8, 4) is 0 Å². The number of hydrogen-bond acceptors (Lipinski definition) is 5. The Morgan fingerprint density at radius 3 is 3.06 bits per heavy atom. The van der Waals surface area contributed by atoms with Gasteiger partial charge in [0, 0.05) is 25.5 Å². The van der Waals surface area contributed by atoms with Crippen molar-refractivity contribution < 1.29 is 4.74 Å². The molecule has 1 atom stereocenters. The van der Waals surface area contributed by atoms with Gasteiger partial charge in [-0.2, -0.15) is 0 Å². The van der Waals surface area contributed by atoms with E-state index >= 15 is 0 Å². The van der Waals surface area contributed by atoms with Crippen molar-refractivity contribution in [3.05, 3.63) is 18.7 Å². The summed E-state index contributed by atoms with van der Waals surface area (Å²) in [6.45, 7) is 7.90. The van der Waals surface area contributed by atoms with E-state index < -0.39 is 0 Å². The molecule has 2 aromatic rings. The SMILES string of the molecule is CC1CN(c2nccn3cnnc23)CC(C)(C)O1. The first-order valence-electron chi connectivity index (χ1n) is 6.12. The lowest BCUT2D eigenvalue weighted by atomic mass is 10.1. The van der Waals surface area contributed by atoms with Crippen molar-refractivity contribution in [1.82, 2.24) is 19.6 Å². The molecule has 2 aromatic heterocycles. The summed E-state index contributed by atoms with van der Waals surface area (Å²) in [4.78, 5) is 6.67. The minimum Gasteiger partial charge on any atom is -0.369 e. The molecule has 0 saturated carbocycles. The summed E-state index contributed by atoms with van der Waals surface area (Å²) in [5.74, 6) is 0.873. The van der Waals surface area contributed by atoms with Gasteiger partial charge in [-0.15, -0.1) is 10.2 Å². The summed E-state index contributed by atoms with van der Waals surface area (Å²) in [6, 6.07) is 0. The molecule has 3 rings (SSSR count). The Morgan fingerprint density at radius 2 is 2.28 bits per heavy atom. The zero-order chi connectivity index (χ0) is 12.8. The molecular weight excluding hydrogens is 230 g/mol. The Hall–Kier alpha value is -1.69. The van der Waals surface area contributed by atoms with E-state index in [9.17, 15) is 0 Å². The third kappa shape index (κ3) is 1.92. The fraction of sp³-hybridized carbons (Fsp3) is 0.583. The number of aromatic nitrogens is 4. The Balaban J connectivity index is 2.01. The molecule has 1 unspecified atom stereocenters.